The van der Waals surface area contributed by atoms with Crippen LogP contribution < -0.4 is 0 Å². The highest BCUT2D eigenvalue weighted by atomic mass is 35.5. The number of hydrogen-bond donors (Lipinski definition) is 0. The van der Waals surface area contributed by atoms with Gasteiger partial charge in [0.2, 0.25) is 0 Å². The first-order valence-corrected chi connectivity index (χ1v) is 9.88. The third-order valence-corrected chi connectivity index (χ3v) is 5.52. The lowest BCUT2D eigenvalue weighted by atomic mass is 9.97. The van der Waals surface area contributed by atoms with Crippen molar-refractivity contribution in [2.75, 3.05) is 0 Å². The molecular formula is C25H21ClFN3O. The number of fused-ring (bicyclic) bond motifs is 1. The van der Waals surface area contributed by atoms with E-state index < -0.39 is 6.04 Å². The molecule has 1 unspecified atom stereocenters. The third kappa shape index (κ3) is 4.09. The number of imidazole rings is 1. The molecule has 0 spiro atoms. The van der Waals surface area contributed by atoms with Crippen molar-refractivity contribution in [3.8, 4) is 11.1 Å². The standard InChI is InChI=1S/C25H20FN3O.ClH/c26-22-11-9-19(10-12-22)20-7-4-8-21(13-20)24-25(30)28(15-18-5-2-1-3-6-18)16-23-14-27-17-29(23)24;/h1-14,17,24H,15-16H2;1H. The minimum absolute atomic E-state index is 0. The van der Waals surface area contributed by atoms with E-state index in [9.17, 15) is 9.18 Å². The zero-order chi connectivity index (χ0) is 20.5. The molecule has 2 heterocycles. The van der Waals surface area contributed by atoms with E-state index >= 15 is 0 Å². The van der Waals surface area contributed by atoms with Gasteiger partial charge in [0.25, 0.3) is 5.91 Å². The second-order valence-corrected chi connectivity index (χ2v) is 7.51. The average Bonchev–Trinajstić information content (AvgIpc) is 3.23. The van der Waals surface area contributed by atoms with E-state index in [4.69, 9.17) is 0 Å². The molecule has 1 aliphatic heterocycles. The number of halogens is 2. The quantitative estimate of drug-likeness (QED) is 0.441. The van der Waals surface area contributed by atoms with Crippen molar-refractivity contribution < 1.29 is 9.18 Å². The van der Waals surface area contributed by atoms with Crippen LogP contribution in [0.4, 0.5) is 4.39 Å². The van der Waals surface area contributed by atoms with Crippen molar-refractivity contribution in [3.05, 3.63) is 114 Å². The molecule has 0 saturated heterocycles. The Labute approximate surface area is 186 Å². The lowest BCUT2D eigenvalue weighted by molar-refractivity contribution is -0.136. The number of carbonyl (C=O) groups excluding carboxylic acids is 1. The first-order valence-electron chi connectivity index (χ1n) is 9.88. The second kappa shape index (κ2) is 8.74. The van der Waals surface area contributed by atoms with Crippen molar-refractivity contribution in [3.63, 3.8) is 0 Å². The molecule has 1 atom stereocenters. The molecule has 0 aliphatic carbocycles. The van der Waals surface area contributed by atoms with Crippen molar-refractivity contribution in [2.45, 2.75) is 19.1 Å². The molecule has 1 aliphatic rings. The van der Waals surface area contributed by atoms with Gasteiger partial charge in [0, 0.05) is 12.7 Å². The second-order valence-electron chi connectivity index (χ2n) is 7.51. The maximum absolute atomic E-state index is 13.5. The van der Waals surface area contributed by atoms with Crippen molar-refractivity contribution >= 4 is 18.3 Å². The Morgan fingerprint density at radius 1 is 0.935 bits per heavy atom. The third-order valence-electron chi connectivity index (χ3n) is 5.52. The van der Waals surface area contributed by atoms with Crippen LogP contribution in [-0.2, 0) is 17.9 Å². The molecule has 31 heavy (non-hydrogen) atoms. The molecule has 6 heteroatoms. The van der Waals surface area contributed by atoms with E-state index in [1.165, 1.54) is 12.1 Å². The summed E-state index contributed by atoms with van der Waals surface area (Å²) in [5.74, 6) is -0.224. The fourth-order valence-electron chi connectivity index (χ4n) is 4.02. The maximum Gasteiger partial charge on any atom is 0.250 e. The number of benzene rings is 3. The molecule has 0 fully saturated rings. The van der Waals surface area contributed by atoms with E-state index in [-0.39, 0.29) is 24.1 Å². The van der Waals surface area contributed by atoms with Crippen LogP contribution in [0.3, 0.4) is 0 Å². The highest BCUT2D eigenvalue weighted by molar-refractivity contribution is 5.86. The van der Waals surface area contributed by atoms with Gasteiger partial charge < -0.3 is 9.47 Å². The van der Waals surface area contributed by atoms with Gasteiger partial charge in [-0.1, -0.05) is 60.7 Å². The average molecular weight is 434 g/mol. The van der Waals surface area contributed by atoms with E-state index in [0.29, 0.717) is 13.1 Å². The highest BCUT2D eigenvalue weighted by Crippen LogP contribution is 2.31. The lowest BCUT2D eigenvalue weighted by Gasteiger charge is -2.34. The zero-order valence-electron chi connectivity index (χ0n) is 16.7. The van der Waals surface area contributed by atoms with Crippen LogP contribution in [-0.4, -0.2) is 20.4 Å². The molecule has 4 nitrogen and oxygen atoms in total. The van der Waals surface area contributed by atoms with E-state index in [0.717, 1.165) is 27.9 Å². The molecule has 1 amide bonds. The summed E-state index contributed by atoms with van der Waals surface area (Å²) in [5.41, 5.74) is 4.84. The predicted octanol–water partition coefficient (Wildman–Crippen LogP) is 5.24. The predicted molar refractivity (Wildman–Crippen MR) is 120 cm³/mol. The molecule has 0 radical (unpaired) electrons. The molecule has 4 aromatic rings. The minimum atomic E-state index is -0.472. The number of aromatic nitrogens is 2. The molecular weight excluding hydrogens is 413 g/mol. The number of amides is 1. The van der Waals surface area contributed by atoms with Crippen molar-refractivity contribution in [2.24, 2.45) is 0 Å². The lowest BCUT2D eigenvalue weighted by Crippen LogP contribution is -2.42. The van der Waals surface area contributed by atoms with Gasteiger partial charge in [0.05, 0.1) is 18.6 Å². The highest BCUT2D eigenvalue weighted by Gasteiger charge is 2.34. The normalized spacial score (nSPS) is 15.3. The summed E-state index contributed by atoms with van der Waals surface area (Å²) >= 11 is 0. The van der Waals surface area contributed by atoms with E-state index in [2.05, 4.69) is 4.98 Å². The molecule has 0 N–H and O–H groups in total. The van der Waals surface area contributed by atoms with Crippen LogP contribution in [0.5, 0.6) is 0 Å². The number of rotatable bonds is 4. The molecule has 3 aromatic carbocycles. The topological polar surface area (TPSA) is 38.1 Å². The molecule has 0 saturated carbocycles. The Bertz CT molecular complexity index is 1190. The van der Waals surface area contributed by atoms with Crippen LogP contribution in [0.15, 0.2) is 91.4 Å². The van der Waals surface area contributed by atoms with E-state index in [1.807, 2.05) is 70.3 Å². The van der Waals surface area contributed by atoms with Crippen LogP contribution >= 0.6 is 12.4 Å². The number of nitrogens with zero attached hydrogens (tertiary/aromatic N) is 3. The van der Waals surface area contributed by atoms with Crippen LogP contribution in [0, 0.1) is 5.82 Å². The summed E-state index contributed by atoms with van der Waals surface area (Å²) in [6.45, 7) is 1.08. The minimum Gasteiger partial charge on any atom is -0.330 e. The van der Waals surface area contributed by atoms with Gasteiger partial charge in [0.1, 0.15) is 11.9 Å². The van der Waals surface area contributed by atoms with Gasteiger partial charge >= 0.3 is 0 Å². The fourth-order valence-corrected chi connectivity index (χ4v) is 4.02. The Hall–Kier alpha value is -3.44. The Balaban J connectivity index is 0.00000231. The SMILES string of the molecule is Cl.O=C1C(c2cccc(-c3ccc(F)cc3)c2)n2cncc2CN1Cc1ccccc1. The first-order chi connectivity index (χ1) is 14.7. The Morgan fingerprint density at radius 3 is 2.48 bits per heavy atom. The zero-order valence-corrected chi connectivity index (χ0v) is 17.5. The van der Waals surface area contributed by atoms with Gasteiger partial charge in [-0.15, -0.1) is 12.4 Å². The Kier molecular flexibility index (Phi) is 5.87. The first kappa shape index (κ1) is 20.8. The maximum atomic E-state index is 13.5. The fraction of sp³-hybridized carbons (Fsp3) is 0.120. The summed E-state index contributed by atoms with van der Waals surface area (Å²) < 4.78 is 15.3. The largest absolute Gasteiger partial charge is 0.330 e. The van der Waals surface area contributed by atoms with Gasteiger partial charge in [-0.3, -0.25) is 4.79 Å². The van der Waals surface area contributed by atoms with Crippen molar-refractivity contribution in [1.29, 1.82) is 0 Å². The smallest absolute Gasteiger partial charge is 0.250 e. The summed E-state index contributed by atoms with van der Waals surface area (Å²) in [4.78, 5) is 19.7. The molecule has 1 aromatic heterocycles. The molecule has 156 valence electrons. The summed E-state index contributed by atoms with van der Waals surface area (Å²) in [6, 6.07) is 23.8. The molecule has 0 bridgehead atoms. The summed E-state index contributed by atoms with van der Waals surface area (Å²) in [5, 5.41) is 0. The van der Waals surface area contributed by atoms with Crippen LogP contribution in [0.1, 0.15) is 22.9 Å². The van der Waals surface area contributed by atoms with Crippen LogP contribution in [0.25, 0.3) is 11.1 Å². The monoisotopic (exact) mass is 433 g/mol. The number of hydrogen-bond acceptors (Lipinski definition) is 2. The van der Waals surface area contributed by atoms with Crippen molar-refractivity contribution in [1.82, 2.24) is 14.5 Å². The molecule has 5 rings (SSSR count). The van der Waals surface area contributed by atoms with Gasteiger partial charge in [0.15, 0.2) is 0 Å². The van der Waals surface area contributed by atoms with Gasteiger partial charge in [-0.2, -0.15) is 0 Å². The van der Waals surface area contributed by atoms with E-state index in [1.54, 1.807) is 18.5 Å². The van der Waals surface area contributed by atoms with Gasteiger partial charge in [-0.05, 0) is 40.5 Å². The van der Waals surface area contributed by atoms with Crippen LogP contribution in [0.2, 0.25) is 0 Å². The summed E-state index contributed by atoms with van der Waals surface area (Å²) in [7, 11) is 0. The summed E-state index contributed by atoms with van der Waals surface area (Å²) in [6.07, 6.45) is 3.55. The Morgan fingerprint density at radius 2 is 1.71 bits per heavy atom. The number of carbonyl (C=O) groups is 1. The van der Waals surface area contributed by atoms with Gasteiger partial charge in [-0.25, -0.2) is 9.37 Å².